The molecule has 0 aromatic carbocycles. The van der Waals surface area contributed by atoms with Crippen molar-refractivity contribution >= 4 is 17.4 Å². The van der Waals surface area contributed by atoms with Crippen molar-refractivity contribution in [1.82, 2.24) is 24.9 Å². The maximum absolute atomic E-state index is 11.9. The monoisotopic (exact) mass is 409 g/mol. The summed E-state index contributed by atoms with van der Waals surface area (Å²) in [5, 5.41) is 12.4. The molecule has 1 amide bonds. The molecule has 30 heavy (non-hydrogen) atoms. The van der Waals surface area contributed by atoms with Gasteiger partial charge in [-0.1, -0.05) is 0 Å². The van der Waals surface area contributed by atoms with E-state index in [-0.39, 0.29) is 5.54 Å². The zero-order chi connectivity index (χ0) is 21.5. The summed E-state index contributed by atoms with van der Waals surface area (Å²) in [6.45, 7) is 11.2. The summed E-state index contributed by atoms with van der Waals surface area (Å²) >= 11 is 0. The van der Waals surface area contributed by atoms with Crippen LogP contribution in [0.15, 0.2) is 24.4 Å². The fraction of sp³-hybridized carbons (Fsp3) is 0.429. The third kappa shape index (κ3) is 3.68. The standard InChI is InChI=1S/C21H27N7O2/c1-5-30-16-10-18-24-13(2)19(28(18)11-14(16)20(22)29)15-6-7-17(26-25-15)27-9-8-23-21(3,4)12-27/h6-7,10-11,23H,5,8-9,12H2,1-4H3,(H2,22,29). The second kappa shape index (κ2) is 7.56. The first-order chi connectivity index (χ1) is 14.3. The predicted octanol–water partition coefficient (Wildman–Crippen LogP) is 1.79. The minimum Gasteiger partial charge on any atom is -0.493 e. The Kier molecular flexibility index (Phi) is 5.07. The molecule has 158 valence electrons. The van der Waals surface area contributed by atoms with E-state index < -0.39 is 5.91 Å². The molecule has 1 fully saturated rings. The number of hydrogen-bond acceptors (Lipinski definition) is 7. The topological polar surface area (TPSA) is 111 Å². The van der Waals surface area contributed by atoms with Crippen molar-refractivity contribution in [3.05, 3.63) is 35.7 Å². The number of aryl methyl sites for hydroxylation is 1. The lowest BCUT2D eigenvalue weighted by Gasteiger charge is -2.39. The molecule has 0 spiro atoms. The number of imidazole rings is 1. The Balaban J connectivity index is 1.73. The number of rotatable bonds is 5. The van der Waals surface area contributed by atoms with Gasteiger partial charge in [0.1, 0.15) is 17.1 Å². The van der Waals surface area contributed by atoms with Gasteiger partial charge in [0.05, 0.1) is 23.6 Å². The van der Waals surface area contributed by atoms with Gasteiger partial charge in [0, 0.05) is 37.4 Å². The lowest BCUT2D eigenvalue weighted by Crippen LogP contribution is -2.57. The highest BCUT2D eigenvalue weighted by molar-refractivity contribution is 5.96. The summed E-state index contributed by atoms with van der Waals surface area (Å²) in [6.07, 6.45) is 1.66. The van der Waals surface area contributed by atoms with Gasteiger partial charge >= 0.3 is 0 Å². The molecule has 0 aliphatic carbocycles. The van der Waals surface area contributed by atoms with E-state index in [1.54, 1.807) is 12.3 Å². The Labute approximate surface area is 175 Å². The van der Waals surface area contributed by atoms with Crippen LogP contribution in [0.4, 0.5) is 5.82 Å². The number of pyridine rings is 1. The van der Waals surface area contributed by atoms with E-state index in [1.165, 1.54) is 0 Å². The molecular formula is C21H27N7O2. The summed E-state index contributed by atoms with van der Waals surface area (Å²) in [6, 6.07) is 5.64. The van der Waals surface area contributed by atoms with Gasteiger partial charge in [-0.2, -0.15) is 0 Å². The van der Waals surface area contributed by atoms with E-state index in [2.05, 4.69) is 39.2 Å². The van der Waals surface area contributed by atoms with Gasteiger partial charge < -0.3 is 20.7 Å². The largest absolute Gasteiger partial charge is 0.493 e. The van der Waals surface area contributed by atoms with E-state index in [9.17, 15) is 4.79 Å². The second-order valence-electron chi connectivity index (χ2n) is 8.13. The number of carbonyl (C=O) groups is 1. The zero-order valence-corrected chi connectivity index (χ0v) is 17.8. The van der Waals surface area contributed by atoms with Crippen molar-refractivity contribution in [2.75, 3.05) is 31.1 Å². The van der Waals surface area contributed by atoms with Crippen molar-refractivity contribution in [3.63, 3.8) is 0 Å². The van der Waals surface area contributed by atoms with Crippen LogP contribution in [0, 0.1) is 6.92 Å². The highest BCUT2D eigenvalue weighted by Crippen LogP contribution is 2.28. The summed E-state index contributed by atoms with van der Waals surface area (Å²) in [5.41, 5.74) is 8.79. The number of hydrogen-bond donors (Lipinski definition) is 2. The van der Waals surface area contributed by atoms with Crippen LogP contribution >= 0.6 is 0 Å². The molecule has 0 atom stereocenters. The molecule has 0 bridgehead atoms. The number of carbonyl (C=O) groups excluding carboxylic acids is 1. The number of primary amides is 1. The minimum atomic E-state index is -0.555. The number of amides is 1. The number of ether oxygens (including phenoxy) is 1. The first-order valence-electron chi connectivity index (χ1n) is 10.1. The Morgan fingerprint density at radius 2 is 2.13 bits per heavy atom. The van der Waals surface area contributed by atoms with Gasteiger partial charge in [-0.15, -0.1) is 10.2 Å². The van der Waals surface area contributed by atoms with Crippen LogP contribution in [-0.4, -0.2) is 57.3 Å². The quantitative estimate of drug-likeness (QED) is 0.661. The van der Waals surface area contributed by atoms with Gasteiger partial charge in [-0.25, -0.2) is 4.98 Å². The fourth-order valence-electron chi connectivity index (χ4n) is 3.91. The van der Waals surface area contributed by atoms with E-state index in [0.717, 1.165) is 36.8 Å². The molecule has 9 heteroatoms. The Morgan fingerprint density at radius 3 is 2.77 bits per heavy atom. The Hall–Kier alpha value is -3.20. The Bertz CT molecular complexity index is 1090. The number of nitrogens with zero attached hydrogens (tertiary/aromatic N) is 5. The first kappa shape index (κ1) is 20.1. The van der Waals surface area contributed by atoms with Crippen LogP contribution in [0.3, 0.4) is 0 Å². The highest BCUT2D eigenvalue weighted by Gasteiger charge is 2.27. The van der Waals surface area contributed by atoms with E-state index in [4.69, 9.17) is 10.5 Å². The first-order valence-corrected chi connectivity index (χ1v) is 10.1. The maximum Gasteiger partial charge on any atom is 0.253 e. The molecule has 1 aliphatic rings. The van der Waals surface area contributed by atoms with Crippen LogP contribution in [0.5, 0.6) is 5.75 Å². The zero-order valence-electron chi connectivity index (χ0n) is 17.8. The average Bonchev–Trinajstić information content (AvgIpc) is 3.01. The molecule has 0 unspecified atom stereocenters. The molecular weight excluding hydrogens is 382 g/mol. The van der Waals surface area contributed by atoms with Crippen molar-refractivity contribution in [1.29, 1.82) is 0 Å². The fourth-order valence-corrected chi connectivity index (χ4v) is 3.91. The summed E-state index contributed by atoms with van der Waals surface area (Å²) in [4.78, 5) is 18.8. The van der Waals surface area contributed by atoms with E-state index >= 15 is 0 Å². The van der Waals surface area contributed by atoms with Crippen LogP contribution in [0.2, 0.25) is 0 Å². The van der Waals surface area contributed by atoms with Gasteiger partial charge in [0.15, 0.2) is 5.82 Å². The molecule has 3 aromatic rings. The number of fused-ring (bicyclic) bond motifs is 1. The number of nitrogens with one attached hydrogen (secondary N) is 1. The van der Waals surface area contributed by atoms with Crippen molar-refractivity contribution in [2.45, 2.75) is 33.2 Å². The van der Waals surface area contributed by atoms with Crippen LogP contribution in [-0.2, 0) is 0 Å². The summed E-state index contributed by atoms with van der Waals surface area (Å²) in [7, 11) is 0. The van der Waals surface area contributed by atoms with E-state index in [1.807, 2.05) is 30.4 Å². The molecule has 9 nitrogen and oxygen atoms in total. The third-order valence-electron chi connectivity index (χ3n) is 5.25. The SMILES string of the molecule is CCOc1cc2nc(C)c(-c3ccc(N4CCNC(C)(C)C4)nn3)n2cc1C(N)=O. The molecule has 1 saturated heterocycles. The third-order valence-corrected chi connectivity index (χ3v) is 5.25. The van der Waals surface area contributed by atoms with Crippen molar-refractivity contribution < 1.29 is 9.53 Å². The molecule has 3 aromatic heterocycles. The molecule has 4 rings (SSSR count). The second-order valence-corrected chi connectivity index (χ2v) is 8.13. The highest BCUT2D eigenvalue weighted by atomic mass is 16.5. The van der Waals surface area contributed by atoms with Gasteiger partial charge in [0.2, 0.25) is 0 Å². The van der Waals surface area contributed by atoms with Crippen molar-refractivity contribution in [3.8, 4) is 17.1 Å². The number of nitrogens with two attached hydrogens (primary N) is 1. The van der Waals surface area contributed by atoms with Gasteiger partial charge in [-0.3, -0.25) is 9.20 Å². The lowest BCUT2D eigenvalue weighted by atomic mass is 10.0. The predicted molar refractivity (Wildman–Crippen MR) is 115 cm³/mol. The van der Waals surface area contributed by atoms with Gasteiger partial charge in [-0.05, 0) is 39.8 Å². The van der Waals surface area contributed by atoms with Crippen molar-refractivity contribution in [2.24, 2.45) is 5.73 Å². The molecule has 4 heterocycles. The maximum atomic E-state index is 11.9. The van der Waals surface area contributed by atoms with Crippen LogP contribution in [0.1, 0.15) is 36.8 Å². The lowest BCUT2D eigenvalue weighted by molar-refractivity contribution is 0.0996. The van der Waals surface area contributed by atoms with Crippen LogP contribution < -0.4 is 20.7 Å². The molecule has 0 saturated carbocycles. The number of anilines is 1. The number of aromatic nitrogens is 4. The number of piperazine rings is 1. The average molecular weight is 409 g/mol. The van der Waals surface area contributed by atoms with E-state index in [0.29, 0.717) is 29.3 Å². The minimum absolute atomic E-state index is 0.0280. The van der Waals surface area contributed by atoms with Crippen LogP contribution in [0.25, 0.3) is 17.0 Å². The summed E-state index contributed by atoms with van der Waals surface area (Å²) < 4.78 is 7.38. The molecule has 0 radical (unpaired) electrons. The normalized spacial score (nSPS) is 16.1. The molecule has 1 aliphatic heterocycles. The van der Waals surface area contributed by atoms with Gasteiger partial charge in [0.25, 0.3) is 5.91 Å². The Morgan fingerprint density at radius 1 is 1.33 bits per heavy atom. The summed E-state index contributed by atoms with van der Waals surface area (Å²) in [5.74, 6) is 0.716. The smallest absolute Gasteiger partial charge is 0.253 e. The molecule has 3 N–H and O–H groups in total.